The first-order chi connectivity index (χ1) is 9.06. The second-order valence-corrected chi connectivity index (χ2v) is 4.82. The summed E-state index contributed by atoms with van der Waals surface area (Å²) in [4.78, 5) is 3.72. The van der Waals surface area contributed by atoms with Gasteiger partial charge in [0.2, 0.25) is 0 Å². The molecule has 0 saturated heterocycles. The highest BCUT2D eigenvalue weighted by atomic mass is 35.5. The Hall–Kier alpha value is -1.50. The molecule has 0 aliphatic carbocycles. The molecular weight excluding hydrogens is 269 g/mol. The second-order valence-electron chi connectivity index (χ2n) is 4.41. The zero-order valence-electron chi connectivity index (χ0n) is 10.6. The van der Waals surface area contributed by atoms with Crippen molar-refractivity contribution >= 4 is 11.6 Å². The van der Waals surface area contributed by atoms with Crippen molar-refractivity contribution in [3.05, 3.63) is 46.8 Å². The maximum Gasteiger partial charge on any atom is 0.146 e. The average molecular weight is 284 g/mol. The van der Waals surface area contributed by atoms with Gasteiger partial charge < -0.3 is 0 Å². The van der Waals surface area contributed by atoms with Crippen LogP contribution in [0.2, 0.25) is 5.02 Å². The minimum Gasteiger partial charge on any atom is -0.271 e. The molecule has 3 N–H and O–H groups in total. The van der Waals surface area contributed by atoms with Gasteiger partial charge in [0.25, 0.3) is 0 Å². The number of halogens is 2. The fourth-order valence-corrected chi connectivity index (χ4v) is 2.21. The van der Waals surface area contributed by atoms with Crippen molar-refractivity contribution in [2.45, 2.75) is 25.9 Å². The number of rotatable bonds is 4. The van der Waals surface area contributed by atoms with Crippen LogP contribution in [0.25, 0.3) is 0 Å². The molecule has 1 atom stereocenters. The Balaban J connectivity index is 2.55. The van der Waals surface area contributed by atoms with Crippen LogP contribution in [0, 0.1) is 5.82 Å². The number of pyridine rings is 1. The van der Waals surface area contributed by atoms with Crippen LogP contribution >= 0.6 is 11.6 Å². The number of aromatic nitrogens is 3. The Labute approximate surface area is 115 Å². The maximum absolute atomic E-state index is 13.9. The molecule has 2 rings (SSSR count). The van der Waals surface area contributed by atoms with Gasteiger partial charge in [-0.15, -0.1) is 0 Å². The Kier molecular flexibility index (Phi) is 4.14. The fourth-order valence-electron chi connectivity index (χ4n) is 1.97. The smallest absolute Gasteiger partial charge is 0.146 e. The number of nitrogens with one attached hydrogen (secondary N) is 1. The number of hydrogen-bond donors (Lipinski definition) is 2. The molecule has 0 bridgehead atoms. The summed E-state index contributed by atoms with van der Waals surface area (Å²) in [5, 5.41) is 4.63. The standard InChI is InChI=1S/C12H15ClFN5/c1-7(2)19-12(9(13)5-17-19)11(18-15)8-3-4-16-6-10(8)14/h3-7,11,18H,15H2,1-2H3. The normalized spacial score (nSPS) is 12.9. The lowest BCUT2D eigenvalue weighted by molar-refractivity contribution is 0.466. The van der Waals surface area contributed by atoms with Crippen LogP contribution in [-0.4, -0.2) is 14.8 Å². The number of hydrazine groups is 1. The van der Waals surface area contributed by atoms with Gasteiger partial charge in [0.1, 0.15) is 5.82 Å². The highest BCUT2D eigenvalue weighted by molar-refractivity contribution is 6.31. The molecule has 19 heavy (non-hydrogen) atoms. The van der Waals surface area contributed by atoms with Crippen molar-refractivity contribution < 1.29 is 4.39 Å². The van der Waals surface area contributed by atoms with E-state index in [1.165, 1.54) is 12.4 Å². The largest absolute Gasteiger partial charge is 0.271 e. The molecule has 0 aliphatic rings. The van der Waals surface area contributed by atoms with Gasteiger partial charge in [-0.2, -0.15) is 5.10 Å². The summed E-state index contributed by atoms with van der Waals surface area (Å²) in [6.07, 6.45) is 4.18. The van der Waals surface area contributed by atoms with Gasteiger partial charge in [0, 0.05) is 17.8 Å². The highest BCUT2D eigenvalue weighted by Gasteiger charge is 2.24. The third-order valence-corrected chi connectivity index (χ3v) is 3.12. The van der Waals surface area contributed by atoms with E-state index in [-0.39, 0.29) is 6.04 Å². The maximum atomic E-state index is 13.9. The van der Waals surface area contributed by atoms with Gasteiger partial charge in [-0.05, 0) is 19.9 Å². The highest BCUT2D eigenvalue weighted by Crippen LogP contribution is 2.30. The van der Waals surface area contributed by atoms with E-state index in [1.54, 1.807) is 10.7 Å². The number of hydrogen-bond acceptors (Lipinski definition) is 4. The van der Waals surface area contributed by atoms with Crippen LogP contribution < -0.4 is 11.3 Å². The second kappa shape index (κ2) is 5.64. The van der Waals surface area contributed by atoms with Crippen molar-refractivity contribution in [1.29, 1.82) is 0 Å². The zero-order valence-corrected chi connectivity index (χ0v) is 11.4. The molecule has 2 aromatic heterocycles. The average Bonchev–Trinajstić information content (AvgIpc) is 2.75. The van der Waals surface area contributed by atoms with Crippen molar-refractivity contribution in [2.24, 2.45) is 5.84 Å². The Morgan fingerprint density at radius 1 is 1.42 bits per heavy atom. The van der Waals surface area contributed by atoms with Gasteiger partial charge in [0.05, 0.1) is 29.2 Å². The first kappa shape index (κ1) is 13.9. The van der Waals surface area contributed by atoms with Gasteiger partial charge >= 0.3 is 0 Å². The summed E-state index contributed by atoms with van der Waals surface area (Å²) in [5.41, 5.74) is 3.59. The fraction of sp³-hybridized carbons (Fsp3) is 0.333. The lowest BCUT2D eigenvalue weighted by Crippen LogP contribution is -2.32. The van der Waals surface area contributed by atoms with Crippen molar-refractivity contribution in [1.82, 2.24) is 20.2 Å². The monoisotopic (exact) mass is 283 g/mol. The van der Waals surface area contributed by atoms with E-state index in [4.69, 9.17) is 17.4 Å². The minimum absolute atomic E-state index is 0.0863. The topological polar surface area (TPSA) is 68.8 Å². The molecule has 0 aromatic carbocycles. The van der Waals surface area contributed by atoms with Crippen molar-refractivity contribution in [2.75, 3.05) is 0 Å². The summed E-state index contributed by atoms with van der Waals surface area (Å²) in [6.45, 7) is 3.92. The molecule has 7 heteroatoms. The van der Waals surface area contributed by atoms with Crippen molar-refractivity contribution in [3.8, 4) is 0 Å². The Bertz CT molecular complexity index is 569. The van der Waals surface area contributed by atoms with E-state index in [2.05, 4.69) is 15.5 Å². The van der Waals surface area contributed by atoms with Crippen LogP contribution in [0.5, 0.6) is 0 Å². The minimum atomic E-state index is -0.583. The SMILES string of the molecule is CC(C)n1ncc(Cl)c1C(NN)c1ccncc1F. The molecule has 102 valence electrons. The first-order valence-electron chi connectivity index (χ1n) is 5.84. The van der Waals surface area contributed by atoms with Gasteiger partial charge in [0.15, 0.2) is 0 Å². The van der Waals surface area contributed by atoms with Crippen LogP contribution in [0.4, 0.5) is 4.39 Å². The molecule has 0 saturated carbocycles. The Morgan fingerprint density at radius 3 is 2.74 bits per heavy atom. The molecule has 0 fully saturated rings. The van der Waals surface area contributed by atoms with Crippen molar-refractivity contribution in [3.63, 3.8) is 0 Å². The lowest BCUT2D eigenvalue weighted by atomic mass is 10.0. The van der Waals surface area contributed by atoms with E-state index in [1.807, 2.05) is 13.8 Å². The molecule has 0 aliphatic heterocycles. The van der Waals surface area contributed by atoms with E-state index >= 15 is 0 Å². The zero-order chi connectivity index (χ0) is 14.0. The predicted molar refractivity (Wildman–Crippen MR) is 71.0 cm³/mol. The molecule has 2 heterocycles. The van der Waals surface area contributed by atoms with Crippen LogP contribution in [0.3, 0.4) is 0 Å². The third-order valence-electron chi connectivity index (χ3n) is 2.83. The summed E-state index contributed by atoms with van der Waals surface area (Å²) < 4.78 is 15.6. The van der Waals surface area contributed by atoms with E-state index < -0.39 is 11.9 Å². The number of nitrogens with two attached hydrogens (primary N) is 1. The molecule has 0 spiro atoms. The molecule has 2 aromatic rings. The van der Waals surface area contributed by atoms with E-state index in [0.717, 1.165) is 6.20 Å². The van der Waals surface area contributed by atoms with Crippen LogP contribution in [0.1, 0.15) is 37.2 Å². The summed E-state index contributed by atoms with van der Waals surface area (Å²) >= 11 is 6.15. The lowest BCUT2D eigenvalue weighted by Gasteiger charge is -2.20. The number of nitrogens with zero attached hydrogens (tertiary/aromatic N) is 3. The van der Waals surface area contributed by atoms with Crippen LogP contribution in [0.15, 0.2) is 24.7 Å². The van der Waals surface area contributed by atoms with Gasteiger partial charge in [-0.3, -0.25) is 15.5 Å². The predicted octanol–water partition coefficient (Wildman–Crippen LogP) is 2.20. The molecule has 0 amide bonds. The first-order valence-corrected chi connectivity index (χ1v) is 6.22. The van der Waals surface area contributed by atoms with E-state index in [9.17, 15) is 4.39 Å². The van der Waals surface area contributed by atoms with E-state index in [0.29, 0.717) is 16.3 Å². The van der Waals surface area contributed by atoms with Gasteiger partial charge in [-0.25, -0.2) is 9.82 Å². The quantitative estimate of drug-likeness (QED) is 0.667. The molecule has 5 nitrogen and oxygen atoms in total. The van der Waals surface area contributed by atoms with Gasteiger partial charge in [-0.1, -0.05) is 11.6 Å². The molecule has 0 radical (unpaired) electrons. The molecule has 1 unspecified atom stereocenters. The van der Waals surface area contributed by atoms with Crippen LogP contribution in [-0.2, 0) is 0 Å². The summed E-state index contributed by atoms with van der Waals surface area (Å²) in [7, 11) is 0. The molecular formula is C12H15ClFN5. The summed E-state index contributed by atoms with van der Waals surface area (Å²) in [6, 6.07) is 1.07. The third kappa shape index (κ3) is 2.60. The Morgan fingerprint density at radius 2 is 2.16 bits per heavy atom. The summed E-state index contributed by atoms with van der Waals surface area (Å²) in [5.74, 6) is 5.12.